The lowest BCUT2D eigenvalue weighted by Gasteiger charge is -2.36. The molecule has 3 heteroatoms. The van der Waals surface area contributed by atoms with Gasteiger partial charge in [0.1, 0.15) is 0 Å². The molecule has 0 aliphatic rings. The summed E-state index contributed by atoms with van der Waals surface area (Å²) >= 11 is 0. The van der Waals surface area contributed by atoms with Crippen LogP contribution in [0.3, 0.4) is 0 Å². The van der Waals surface area contributed by atoms with Gasteiger partial charge in [0.15, 0.2) is 0 Å². The molecular formula is C10H19NO2. The number of nitriles is 1. The van der Waals surface area contributed by atoms with Gasteiger partial charge in [-0.2, -0.15) is 5.26 Å². The molecule has 0 spiro atoms. The highest BCUT2D eigenvalue weighted by Gasteiger charge is 2.41. The predicted molar refractivity (Wildman–Crippen MR) is 51.1 cm³/mol. The molecule has 2 atom stereocenters. The Labute approximate surface area is 80.3 Å². The quantitative estimate of drug-likeness (QED) is 0.709. The number of nitrogens with zero attached hydrogens (tertiary/aromatic N) is 1. The summed E-state index contributed by atoms with van der Waals surface area (Å²) in [7, 11) is 1.59. The van der Waals surface area contributed by atoms with E-state index in [4.69, 9.17) is 10.00 Å². The molecule has 0 aliphatic heterocycles. The van der Waals surface area contributed by atoms with Gasteiger partial charge in [-0.1, -0.05) is 6.92 Å². The second kappa shape index (κ2) is 4.59. The van der Waals surface area contributed by atoms with Crippen LogP contribution in [0, 0.1) is 16.7 Å². The standard InChI is InChI=1S/C10H19NO2/c1-5-9(2,8-11)10(3,12)6-7-13-4/h12H,5-7H2,1-4H3. The maximum atomic E-state index is 10.1. The van der Waals surface area contributed by atoms with Gasteiger partial charge in [-0.25, -0.2) is 0 Å². The number of rotatable bonds is 5. The molecule has 0 amide bonds. The van der Waals surface area contributed by atoms with Crippen LogP contribution >= 0.6 is 0 Å². The molecule has 13 heavy (non-hydrogen) atoms. The van der Waals surface area contributed by atoms with E-state index < -0.39 is 11.0 Å². The van der Waals surface area contributed by atoms with Gasteiger partial charge < -0.3 is 9.84 Å². The summed E-state index contributed by atoms with van der Waals surface area (Å²) in [5, 5.41) is 19.0. The molecule has 0 saturated carbocycles. The lowest BCUT2D eigenvalue weighted by atomic mass is 9.72. The number of hydrogen-bond donors (Lipinski definition) is 1. The average Bonchev–Trinajstić information content (AvgIpc) is 2.13. The third-order valence-corrected chi connectivity index (χ3v) is 2.94. The molecule has 0 rings (SSSR count). The molecule has 1 N–H and O–H groups in total. The number of methoxy groups -OCH3 is 1. The van der Waals surface area contributed by atoms with E-state index >= 15 is 0 Å². The molecule has 0 aromatic heterocycles. The normalized spacial score (nSPS) is 20.0. The zero-order valence-electron chi connectivity index (χ0n) is 8.92. The van der Waals surface area contributed by atoms with Gasteiger partial charge >= 0.3 is 0 Å². The summed E-state index contributed by atoms with van der Waals surface area (Å²) in [6.07, 6.45) is 1.13. The SMILES string of the molecule is CCC(C)(C#N)C(C)(O)CCOC. The molecule has 3 nitrogen and oxygen atoms in total. The highest BCUT2D eigenvalue weighted by molar-refractivity contribution is 5.06. The second-order valence-electron chi connectivity index (χ2n) is 3.81. The molecule has 0 fully saturated rings. The predicted octanol–water partition coefficient (Wildman–Crippen LogP) is 1.71. The summed E-state index contributed by atoms with van der Waals surface area (Å²) in [5.41, 5.74) is -1.67. The summed E-state index contributed by atoms with van der Waals surface area (Å²) < 4.78 is 4.89. The maximum absolute atomic E-state index is 10.1. The van der Waals surface area contributed by atoms with E-state index in [1.165, 1.54) is 0 Å². The van der Waals surface area contributed by atoms with Crippen molar-refractivity contribution in [1.82, 2.24) is 0 Å². The minimum absolute atomic E-state index is 0.476. The second-order valence-corrected chi connectivity index (χ2v) is 3.81. The van der Waals surface area contributed by atoms with Gasteiger partial charge in [-0.3, -0.25) is 0 Å². The van der Waals surface area contributed by atoms with E-state index in [1.807, 2.05) is 6.92 Å². The van der Waals surface area contributed by atoms with Crippen molar-refractivity contribution in [3.05, 3.63) is 0 Å². The largest absolute Gasteiger partial charge is 0.388 e. The smallest absolute Gasteiger partial charge is 0.0827 e. The van der Waals surface area contributed by atoms with E-state index in [-0.39, 0.29) is 0 Å². The van der Waals surface area contributed by atoms with Crippen molar-refractivity contribution in [2.75, 3.05) is 13.7 Å². The van der Waals surface area contributed by atoms with Crippen LogP contribution in [0.2, 0.25) is 0 Å². The van der Waals surface area contributed by atoms with Gasteiger partial charge in [-0.05, 0) is 20.3 Å². The van der Waals surface area contributed by atoms with Crippen LogP contribution in [-0.4, -0.2) is 24.4 Å². The zero-order chi connectivity index (χ0) is 10.5. The van der Waals surface area contributed by atoms with Crippen LogP contribution < -0.4 is 0 Å². The number of hydrogen-bond acceptors (Lipinski definition) is 3. The van der Waals surface area contributed by atoms with Crippen molar-refractivity contribution < 1.29 is 9.84 Å². The Morgan fingerprint density at radius 2 is 2.00 bits per heavy atom. The average molecular weight is 185 g/mol. The summed E-state index contributed by atoms with van der Waals surface area (Å²) in [5.74, 6) is 0. The molecule has 0 aliphatic carbocycles. The number of aliphatic hydroxyl groups is 1. The van der Waals surface area contributed by atoms with Gasteiger partial charge in [0.05, 0.1) is 17.1 Å². The van der Waals surface area contributed by atoms with Crippen LogP contribution in [0.1, 0.15) is 33.6 Å². The lowest BCUT2D eigenvalue weighted by Crippen LogP contribution is -2.43. The van der Waals surface area contributed by atoms with Crippen molar-refractivity contribution in [3.8, 4) is 6.07 Å². The first-order chi connectivity index (χ1) is 5.93. The first kappa shape index (κ1) is 12.4. The van der Waals surface area contributed by atoms with E-state index in [0.29, 0.717) is 19.4 Å². The van der Waals surface area contributed by atoms with E-state index in [0.717, 1.165) is 0 Å². The van der Waals surface area contributed by atoms with Gasteiger partial charge in [0.2, 0.25) is 0 Å². The summed E-state index contributed by atoms with van der Waals surface area (Å²) in [6, 6.07) is 2.17. The van der Waals surface area contributed by atoms with Crippen molar-refractivity contribution >= 4 is 0 Å². The Balaban J connectivity index is 4.50. The fourth-order valence-electron chi connectivity index (χ4n) is 1.16. The Kier molecular flexibility index (Phi) is 4.38. The highest BCUT2D eigenvalue weighted by atomic mass is 16.5. The van der Waals surface area contributed by atoms with Crippen molar-refractivity contribution in [2.45, 2.75) is 39.2 Å². The van der Waals surface area contributed by atoms with Crippen molar-refractivity contribution in [1.29, 1.82) is 5.26 Å². The van der Waals surface area contributed by atoms with E-state index in [9.17, 15) is 5.11 Å². The van der Waals surface area contributed by atoms with Crippen LogP contribution in [0.5, 0.6) is 0 Å². The Morgan fingerprint density at radius 3 is 2.31 bits per heavy atom. The van der Waals surface area contributed by atoms with Gasteiger partial charge in [0, 0.05) is 20.1 Å². The Bertz CT molecular complexity index is 196. The maximum Gasteiger partial charge on any atom is 0.0827 e. The molecule has 0 heterocycles. The summed E-state index contributed by atoms with van der Waals surface area (Å²) in [4.78, 5) is 0. The first-order valence-corrected chi connectivity index (χ1v) is 4.56. The van der Waals surface area contributed by atoms with Gasteiger partial charge in [0.25, 0.3) is 0 Å². The highest BCUT2D eigenvalue weighted by Crippen LogP contribution is 2.36. The Hall–Kier alpha value is -0.590. The van der Waals surface area contributed by atoms with Crippen LogP contribution in [-0.2, 0) is 4.74 Å². The molecule has 0 aromatic carbocycles. The molecule has 0 radical (unpaired) electrons. The zero-order valence-corrected chi connectivity index (χ0v) is 8.92. The lowest BCUT2D eigenvalue weighted by molar-refractivity contribution is -0.0532. The van der Waals surface area contributed by atoms with Crippen molar-refractivity contribution in [3.63, 3.8) is 0 Å². The van der Waals surface area contributed by atoms with E-state index in [1.54, 1.807) is 21.0 Å². The minimum Gasteiger partial charge on any atom is -0.388 e. The van der Waals surface area contributed by atoms with E-state index in [2.05, 4.69) is 6.07 Å². The topological polar surface area (TPSA) is 53.2 Å². The molecule has 2 unspecified atom stereocenters. The molecule has 0 saturated heterocycles. The van der Waals surface area contributed by atoms with Crippen LogP contribution in [0.25, 0.3) is 0 Å². The Morgan fingerprint density at radius 1 is 1.46 bits per heavy atom. The number of ether oxygens (including phenoxy) is 1. The molecule has 76 valence electrons. The third-order valence-electron chi connectivity index (χ3n) is 2.94. The third kappa shape index (κ3) is 2.68. The molecular weight excluding hydrogens is 166 g/mol. The molecule has 0 aromatic rings. The summed E-state index contributed by atoms with van der Waals surface area (Å²) in [6.45, 7) is 5.86. The molecule has 0 bridgehead atoms. The van der Waals surface area contributed by atoms with Gasteiger partial charge in [-0.15, -0.1) is 0 Å². The monoisotopic (exact) mass is 185 g/mol. The first-order valence-electron chi connectivity index (χ1n) is 4.56. The van der Waals surface area contributed by atoms with Crippen molar-refractivity contribution in [2.24, 2.45) is 5.41 Å². The fraction of sp³-hybridized carbons (Fsp3) is 0.900. The van der Waals surface area contributed by atoms with Crippen LogP contribution in [0.4, 0.5) is 0 Å². The fourth-order valence-corrected chi connectivity index (χ4v) is 1.16. The van der Waals surface area contributed by atoms with Crippen LogP contribution in [0.15, 0.2) is 0 Å². The minimum atomic E-state index is -0.980.